The van der Waals surface area contributed by atoms with Crippen LogP contribution in [0.2, 0.25) is 0 Å². The molecule has 0 aromatic carbocycles. The summed E-state index contributed by atoms with van der Waals surface area (Å²) in [6, 6.07) is 0. The Bertz CT molecular complexity index is 191. The smallest absolute Gasteiger partial charge is 0.126 e. The van der Waals surface area contributed by atoms with Crippen LogP contribution < -0.4 is 0 Å². The molecule has 0 saturated heterocycles. The van der Waals surface area contributed by atoms with Crippen LogP contribution in [0.3, 0.4) is 0 Å². The van der Waals surface area contributed by atoms with E-state index in [1.54, 1.807) is 12.2 Å². The molecular formula is C12H24O5. The van der Waals surface area contributed by atoms with Crippen molar-refractivity contribution in [2.75, 3.05) is 19.8 Å². The molecule has 5 nitrogen and oxygen atoms in total. The second kappa shape index (κ2) is 20.4. The molecule has 0 bridgehead atoms. The number of aliphatic hydroxyl groups is 4. The molecule has 0 aromatic rings. The van der Waals surface area contributed by atoms with Crippen LogP contribution in [0, 0.1) is 0 Å². The van der Waals surface area contributed by atoms with Gasteiger partial charge in [-0.1, -0.05) is 24.3 Å². The first-order chi connectivity index (χ1) is 7.95. The van der Waals surface area contributed by atoms with Gasteiger partial charge in [-0.2, -0.15) is 0 Å². The highest BCUT2D eigenvalue weighted by molar-refractivity contribution is 5.72. The van der Waals surface area contributed by atoms with Crippen LogP contribution in [0.15, 0.2) is 24.3 Å². The maximum atomic E-state index is 9.44. The third-order valence-electron chi connectivity index (χ3n) is 0.967. The second-order valence-electron chi connectivity index (χ2n) is 3.06. The Morgan fingerprint density at radius 1 is 1.12 bits per heavy atom. The summed E-state index contributed by atoms with van der Waals surface area (Å²) in [4.78, 5) is 9.44. The molecule has 0 fully saturated rings. The van der Waals surface area contributed by atoms with Crippen molar-refractivity contribution in [1.29, 1.82) is 0 Å². The lowest BCUT2D eigenvalue weighted by atomic mass is 10.4. The molecule has 0 aromatic heterocycles. The molecule has 0 saturated carbocycles. The molecule has 5 heteroatoms. The summed E-state index contributed by atoms with van der Waals surface area (Å²) >= 11 is 0. The molecule has 0 aliphatic carbocycles. The van der Waals surface area contributed by atoms with Crippen molar-refractivity contribution in [3.05, 3.63) is 24.3 Å². The highest BCUT2D eigenvalue weighted by Crippen LogP contribution is 1.72. The lowest BCUT2D eigenvalue weighted by Gasteiger charge is -1.96. The Morgan fingerprint density at radius 3 is 1.71 bits per heavy atom. The summed E-state index contributed by atoms with van der Waals surface area (Å²) < 4.78 is 0. The molecule has 0 aliphatic heterocycles. The summed E-state index contributed by atoms with van der Waals surface area (Å²) in [5.74, 6) is 0.167. The summed E-state index contributed by atoms with van der Waals surface area (Å²) in [5.41, 5.74) is 0. The molecule has 4 N–H and O–H groups in total. The average molecular weight is 248 g/mol. The van der Waals surface area contributed by atoms with E-state index in [0.717, 1.165) is 0 Å². The maximum Gasteiger partial charge on any atom is 0.126 e. The number of Topliss-reactive ketones (excluding diaryl/α,β-unsaturated/α-hetero) is 1. The van der Waals surface area contributed by atoms with Crippen molar-refractivity contribution in [2.45, 2.75) is 26.9 Å². The molecular weight excluding hydrogens is 224 g/mol. The lowest BCUT2D eigenvalue weighted by Crippen LogP contribution is -2.15. The van der Waals surface area contributed by atoms with Crippen molar-refractivity contribution in [3.63, 3.8) is 0 Å². The van der Waals surface area contributed by atoms with Crippen molar-refractivity contribution in [2.24, 2.45) is 0 Å². The summed E-state index contributed by atoms with van der Waals surface area (Å²) in [6.07, 6.45) is 6.31. The minimum absolute atomic E-state index is 0.129. The zero-order chi connectivity index (χ0) is 14.1. The third-order valence-corrected chi connectivity index (χ3v) is 0.967. The van der Waals surface area contributed by atoms with Gasteiger partial charge in [-0.3, -0.25) is 0 Å². The molecule has 102 valence electrons. The molecule has 0 heterocycles. The molecule has 17 heavy (non-hydrogen) atoms. The van der Waals surface area contributed by atoms with E-state index in [9.17, 15) is 4.79 Å². The fourth-order valence-electron chi connectivity index (χ4n) is 0.308. The van der Waals surface area contributed by atoms with E-state index in [-0.39, 0.29) is 25.6 Å². The van der Waals surface area contributed by atoms with E-state index in [0.29, 0.717) is 0 Å². The fraction of sp³-hybridized carbons (Fsp3) is 0.583. The van der Waals surface area contributed by atoms with Crippen LogP contribution in [-0.2, 0) is 4.79 Å². The van der Waals surface area contributed by atoms with E-state index in [1.165, 1.54) is 13.8 Å². The minimum Gasteiger partial charge on any atom is -0.394 e. The first kappa shape index (κ1) is 21.3. The van der Waals surface area contributed by atoms with E-state index < -0.39 is 6.10 Å². The SMILES string of the molecule is C/C=C/C=C/CO.CC(C)=O.OCC(O)CO. The van der Waals surface area contributed by atoms with E-state index >= 15 is 0 Å². The first-order valence-electron chi connectivity index (χ1n) is 5.21. The highest BCUT2D eigenvalue weighted by atomic mass is 16.3. The van der Waals surface area contributed by atoms with Crippen molar-refractivity contribution in [1.82, 2.24) is 0 Å². The van der Waals surface area contributed by atoms with Gasteiger partial charge in [-0.05, 0) is 20.8 Å². The number of rotatable bonds is 4. The van der Waals surface area contributed by atoms with Gasteiger partial charge in [0.1, 0.15) is 11.9 Å². The lowest BCUT2D eigenvalue weighted by molar-refractivity contribution is -0.114. The maximum absolute atomic E-state index is 9.44. The zero-order valence-corrected chi connectivity index (χ0v) is 10.7. The number of carbonyl (C=O) groups is 1. The van der Waals surface area contributed by atoms with Gasteiger partial charge in [0, 0.05) is 0 Å². The monoisotopic (exact) mass is 248 g/mol. The van der Waals surface area contributed by atoms with Gasteiger partial charge in [0.25, 0.3) is 0 Å². The van der Waals surface area contributed by atoms with Gasteiger partial charge in [0.05, 0.1) is 19.8 Å². The normalized spacial score (nSPS) is 9.88. The Morgan fingerprint density at radius 2 is 1.53 bits per heavy atom. The van der Waals surface area contributed by atoms with Gasteiger partial charge < -0.3 is 25.2 Å². The third kappa shape index (κ3) is 51.8. The Kier molecular flexibility index (Phi) is 25.6. The number of allylic oxidation sites excluding steroid dienone is 3. The average Bonchev–Trinajstić information content (AvgIpc) is 2.29. The summed E-state index contributed by atoms with van der Waals surface area (Å²) in [6.45, 7) is 4.39. The Labute approximate surface area is 103 Å². The van der Waals surface area contributed by atoms with Crippen LogP contribution in [0.4, 0.5) is 0 Å². The Balaban J connectivity index is -0.000000180. The molecule has 0 radical (unpaired) electrons. The summed E-state index contributed by atoms with van der Waals surface area (Å²) in [5, 5.41) is 32.2. The van der Waals surface area contributed by atoms with Crippen molar-refractivity contribution in [3.8, 4) is 0 Å². The van der Waals surface area contributed by atoms with Gasteiger partial charge in [0.15, 0.2) is 0 Å². The first-order valence-corrected chi connectivity index (χ1v) is 5.21. The van der Waals surface area contributed by atoms with Gasteiger partial charge in [0.2, 0.25) is 0 Å². The van der Waals surface area contributed by atoms with Crippen LogP contribution >= 0.6 is 0 Å². The standard InChI is InChI=1S/C6H10O.C3H8O3.C3H6O/c1-2-3-4-5-6-7;4-1-3(6)2-5;1-3(2)4/h2-5,7H,6H2,1H3;3-6H,1-2H2;1-2H3/b3-2+,5-4+;;. The number of hydrogen-bond acceptors (Lipinski definition) is 5. The molecule has 0 aliphatic rings. The predicted molar refractivity (Wildman–Crippen MR) is 67.6 cm³/mol. The molecule has 0 rings (SSSR count). The molecule has 0 unspecified atom stereocenters. The molecule has 0 spiro atoms. The van der Waals surface area contributed by atoms with Gasteiger partial charge in [-0.15, -0.1) is 0 Å². The second-order valence-corrected chi connectivity index (χ2v) is 3.06. The quantitative estimate of drug-likeness (QED) is 0.527. The molecule has 0 amide bonds. The van der Waals surface area contributed by atoms with Crippen LogP contribution in [0.5, 0.6) is 0 Å². The molecule has 0 atom stereocenters. The van der Waals surface area contributed by atoms with Crippen molar-refractivity contribution < 1.29 is 25.2 Å². The number of carbonyl (C=O) groups excluding carboxylic acids is 1. The van der Waals surface area contributed by atoms with E-state index in [1.807, 2.05) is 19.1 Å². The van der Waals surface area contributed by atoms with Crippen molar-refractivity contribution >= 4 is 5.78 Å². The number of hydrogen-bond donors (Lipinski definition) is 4. The number of aliphatic hydroxyl groups excluding tert-OH is 4. The summed E-state index contributed by atoms with van der Waals surface area (Å²) in [7, 11) is 0. The largest absolute Gasteiger partial charge is 0.394 e. The zero-order valence-electron chi connectivity index (χ0n) is 10.7. The topological polar surface area (TPSA) is 98.0 Å². The fourth-order valence-corrected chi connectivity index (χ4v) is 0.308. The van der Waals surface area contributed by atoms with Gasteiger partial charge >= 0.3 is 0 Å². The highest BCUT2D eigenvalue weighted by Gasteiger charge is 1.93. The van der Waals surface area contributed by atoms with Gasteiger partial charge in [-0.25, -0.2) is 0 Å². The van der Waals surface area contributed by atoms with E-state index in [2.05, 4.69) is 0 Å². The van der Waals surface area contributed by atoms with Crippen LogP contribution in [0.25, 0.3) is 0 Å². The Hall–Kier alpha value is -1.01. The van der Waals surface area contributed by atoms with Crippen LogP contribution in [0.1, 0.15) is 20.8 Å². The number of ketones is 1. The minimum atomic E-state index is -0.954. The van der Waals surface area contributed by atoms with Crippen LogP contribution in [-0.4, -0.2) is 52.1 Å². The van der Waals surface area contributed by atoms with E-state index in [4.69, 9.17) is 20.4 Å². The predicted octanol–water partition coefficient (Wildman–Crippen LogP) is 0.0382.